The Morgan fingerprint density at radius 1 is 0.976 bits per heavy atom. The zero-order valence-corrected chi connectivity index (χ0v) is 27.7. The summed E-state index contributed by atoms with van der Waals surface area (Å²) in [5, 5.41) is 18.4. The van der Waals surface area contributed by atoms with Crippen molar-refractivity contribution in [2.45, 2.75) is 77.2 Å². The van der Waals surface area contributed by atoms with Gasteiger partial charge in [-0.3, -0.25) is 14.4 Å². The van der Waals surface area contributed by atoms with Crippen LogP contribution in [0.2, 0.25) is 10.0 Å². The van der Waals surface area contributed by atoms with E-state index in [9.17, 15) is 19.5 Å². The lowest BCUT2D eigenvalue weighted by molar-refractivity contribution is -0.138. The largest absolute Gasteiger partial charge is 0.490 e. The summed E-state index contributed by atoms with van der Waals surface area (Å²) in [6.07, 6.45) is 9.81. The highest BCUT2D eigenvalue weighted by atomic mass is 127. The molecule has 1 atom stereocenters. The van der Waals surface area contributed by atoms with Crippen LogP contribution in [0.5, 0.6) is 5.75 Å². The first-order valence-corrected chi connectivity index (χ1v) is 16.6. The van der Waals surface area contributed by atoms with Crippen molar-refractivity contribution in [3.05, 3.63) is 51.6 Å². The fourth-order valence-electron chi connectivity index (χ4n) is 4.20. The highest BCUT2D eigenvalue weighted by molar-refractivity contribution is 14.1. The molecule has 0 radical (unpaired) electrons. The molecule has 9 nitrogen and oxygen atoms in total. The monoisotopic (exact) mass is 734 g/mol. The number of pyridine rings is 1. The van der Waals surface area contributed by atoms with Crippen molar-refractivity contribution in [1.29, 1.82) is 0 Å². The van der Waals surface area contributed by atoms with Gasteiger partial charge in [-0.1, -0.05) is 71.5 Å². The number of unbranched alkanes of at least 4 members (excludes halogenated alkanes) is 6. The number of carbonyl (C=O) groups is 3. The van der Waals surface area contributed by atoms with Crippen LogP contribution >= 0.6 is 45.8 Å². The van der Waals surface area contributed by atoms with E-state index in [4.69, 9.17) is 27.9 Å². The van der Waals surface area contributed by atoms with Crippen molar-refractivity contribution in [3.8, 4) is 5.75 Å². The number of amides is 2. The molecule has 0 saturated heterocycles. The lowest BCUT2D eigenvalue weighted by Crippen LogP contribution is -2.39. The molecular weight excluding hydrogens is 694 g/mol. The van der Waals surface area contributed by atoms with Gasteiger partial charge in [0, 0.05) is 19.2 Å². The smallest absolute Gasteiger partial charge is 0.305 e. The average molecular weight is 735 g/mol. The number of aromatic nitrogens is 1. The first-order valence-electron chi connectivity index (χ1n) is 14.3. The standard InChI is InChI=1S/C30H41Cl2IN4O5/c1-21-11-14-35-26(16-21)34-13-8-6-10-27(38)36-20-28(39)37-25(19-29(40)41)22-17-23(31)30(24(32)18-22)42-15-9-5-3-2-4-7-12-33/h11,14,16-18,25H,2-10,12-13,15,19-20H2,1H3,(H,34,35)(H,36,38)(H,37,39)(H,40,41). The van der Waals surface area contributed by atoms with Gasteiger partial charge in [0.1, 0.15) is 5.82 Å². The number of ether oxygens (including phenoxy) is 1. The minimum absolute atomic E-state index is 0.241. The normalized spacial score (nSPS) is 11.5. The molecule has 0 aliphatic carbocycles. The molecular formula is C30H41Cl2IN4O5. The van der Waals surface area contributed by atoms with Crippen LogP contribution in [0.1, 0.15) is 81.4 Å². The number of anilines is 1. The Morgan fingerprint density at radius 2 is 1.67 bits per heavy atom. The molecule has 1 heterocycles. The van der Waals surface area contributed by atoms with Crippen molar-refractivity contribution in [1.82, 2.24) is 15.6 Å². The second kappa shape index (κ2) is 20.6. The van der Waals surface area contributed by atoms with Crippen LogP contribution in [0.4, 0.5) is 5.82 Å². The number of nitrogens with one attached hydrogen (secondary N) is 3. The van der Waals surface area contributed by atoms with Crippen LogP contribution in [-0.4, -0.2) is 52.0 Å². The van der Waals surface area contributed by atoms with E-state index in [1.807, 2.05) is 19.1 Å². The second-order valence-corrected chi connectivity index (χ2v) is 12.0. The zero-order valence-electron chi connectivity index (χ0n) is 24.0. The van der Waals surface area contributed by atoms with Gasteiger partial charge in [-0.2, -0.15) is 0 Å². The predicted molar refractivity (Wildman–Crippen MR) is 176 cm³/mol. The fraction of sp³-hybridized carbons (Fsp3) is 0.533. The first-order chi connectivity index (χ1) is 20.2. The number of halogens is 3. The molecule has 0 aliphatic rings. The number of benzene rings is 1. The van der Waals surface area contributed by atoms with Crippen molar-refractivity contribution in [3.63, 3.8) is 0 Å². The number of nitrogens with zero attached hydrogens (tertiary/aromatic N) is 1. The summed E-state index contributed by atoms with van der Waals surface area (Å²) in [5.41, 5.74) is 1.55. The van der Waals surface area contributed by atoms with E-state index in [1.165, 1.54) is 23.7 Å². The summed E-state index contributed by atoms with van der Waals surface area (Å²) in [7, 11) is 0. The average Bonchev–Trinajstić information content (AvgIpc) is 2.93. The van der Waals surface area contributed by atoms with Gasteiger partial charge in [0.15, 0.2) is 5.75 Å². The van der Waals surface area contributed by atoms with Gasteiger partial charge in [-0.05, 0) is 72.4 Å². The number of carbonyl (C=O) groups excluding carboxylic acids is 2. The molecule has 232 valence electrons. The van der Waals surface area contributed by atoms with E-state index in [-0.39, 0.29) is 35.3 Å². The van der Waals surface area contributed by atoms with Gasteiger partial charge in [0.05, 0.1) is 35.7 Å². The summed E-state index contributed by atoms with van der Waals surface area (Å²) < 4.78 is 7.00. The summed E-state index contributed by atoms with van der Waals surface area (Å²) in [4.78, 5) is 40.5. The molecule has 0 saturated carbocycles. The van der Waals surface area contributed by atoms with Crippen molar-refractivity contribution in [2.24, 2.45) is 0 Å². The zero-order chi connectivity index (χ0) is 30.7. The Hall–Kier alpha value is -2.31. The molecule has 4 N–H and O–H groups in total. The summed E-state index contributed by atoms with van der Waals surface area (Å²) in [6.45, 7) is 2.86. The second-order valence-electron chi connectivity index (χ2n) is 10.1. The lowest BCUT2D eigenvalue weighted by atomic mass is 10.0. The Labute approximate surface area is 272 Å². The number of carboxylic acids is 1. The van der Waals surface area contributed by atoms with Gasteiger partial charge in [-0.25, -0.2) is 4.98 Å². The van der Waals surface area contributed by atoms with E-state index < -0.39 is 17.9 Å². The van der Waals surface area contributed by atoms with Crippen molar-refractivity contribution in [2.75, 3.05) is 29.4 Å². The lowest BCUT2D eigenvalue weighted by Gasteiger charge is -2.20. The van der Waals surface area contributed by atoms with Gasteiger partial charge < -0.3 is 25.8 Å². The van der Waals surface area contributed by atoms with Crippen LogP contribution in [0, 0.1) is 6.92 Å². The maximum absolute atomic E-state index is 12.6. The summed E-state index contributed by atoms with van der Waals surface area (Å²) >= 11 is 15.3. The summed E-state index contributed by atoms with van der Waals surface area (Å²) in [6, 6.07) is 6.09. The fourth-order valence-corrected chi connectivity index (χ4v) is 5.35. The minimum Gasteiger partial charge on any atom is -0.490 e. The van der Waals surface area contributed by atoms with Gasteiger partial charge in [0.2, 0.25) is 11.8 Å². The molecule has 42 heavy (non-hydrogen) atoms. The minimum atomic E-state index is -1.11. The van der Waals surface area contributed by atoms with Gasteiger partial charge >= 0.3 is 5.97 Å². The molecule has 1 unspecified atom stereocenters. The molecule has 0 aliphatic heterocycles. The number of aliphatic carboxylic acids is 1. The van der Waals surface area contributed by atoms with E-state index in [0.717, 1.165) is 37.1 Å². The number of aryl methyl sites for hydroxylation is 1. The number of rotatable bonds is 21. The maximum atomic E-state index is 12.6. The Kier molecular flexibility index (Phi) is 17.6. The van der Waals surface area contributed by atoms with Crippen LogP contribution < -0.4 is 20.7 Å². The Bertz CT molecular complexity index is 1130. The number of hydrogen-bond donors (Lipinski definition) is 4. The predicted octanol–water partition coefficient (Wildman–Crippen LogP) is 6.88. The van der Waals surface area contributed by atoms with E-state index in [1.54, 1.807) is 18.3 Å². The molecule has 0 fully saturated rings. The van der Waals surface area contributed by atoms with Crippen LogP contribution in [-0.2, 0) is 14.4 Å². The van der Waals surface area contributed by atoms with Crippen LogP contribution in [0.3, 0.4) is 0 Å². The van der Waals surface area contributed by atoms with E-state index in [0.29, 0.717) is 30.9 Å². The van der Waals surface area contributed by atoms with Crippen LogP contribution in [0.25, 0.3) is 0 Å². The summed E-state index contributed by atoms with van der Waals surface area (Å²) in [5.74, 6) is -0.760. The Balaban J connectivity index is 1.78. The first kappa shape index (κ1) is 35.9. The molecule has 0 bridgehead atoms. The van der Waals surface area contributed by atoms with Gasteiger partial charge in [-0.15, -0.1) is 0 Å². The third-order valence-corrected chi connectivity index (χ3v) is 7.73. The van der Waals surface area contributed by atoms with Crippen molar-refractivity contribution >= 4 is 69.4 Å². The number of carboxylic acid groups (broad SMARTS) is 1. The quantitative estimate of drug-likeness (QED) is 0.0625. The molecule has 2 aromatic rings. The molecule has 2 amide bonds. The van der Waals surface area contributed by atoms with Gasteiger partial charge in [0.25, 0.3) is 0 Å². The highest BCUT2D eigenvalue weighted by Crippen LogP contribution is 2.36. The molecule has 2 rings (SSSR count). The van der Waals surface area contributed by atoms with Crippen LogP contribution in [0.15, 0.2) is 30.5 Å². The van der Waals surface area contributed by atoms with Crippen molar-refractivity contribution < 1.29 is 24.2 Å². The third-order valence-electron chi connectivity index (χ3n) is 6.41. The van der Waals surface area contributed by atoms with E-state index in [2.05, 4.69) is 43.5 Å². The highest BCUT2D eigenvalue weighted by Gasteiger charge is 2.21. The number of hydrogen-bond acceptors (Lipinski definition) is 6. The third kappa shape index (κ3) is 14.7. The molecule has 12 heteroatoms. The molecule has 0 spiro atoms. The topological polar surface area (TPSA) is 130 Å². The number of alkyl halides is 1. The Morgan fingerprint density at radius 3 is 2.33 bits per heavy atom. The maximum Gasteiger partial charge on any atom is 0.305 e. The molecule has 1 aromatic carbocycles. The molecule has 1 aromatic heterocycles. The SMILES string of the molecule is Cc1ccnc(NCCCCC(=O)NCC(=O)NC(CC(=O)O)c2cc(Cl)c(OCCCCCCCCI)c(Cl)c2)c1. The van der Waals surface area contributed by atoms with E-state index >= 15 is 0 Å².